The third-order valence-electron chi connectivity index (χ3n) is 1.22. The molecule has 2 nitrogen and oxygen atoms in total. The van der Waals surface area contributed by atoms with E-state index in [1.807, 2.05) is 41.5 Å². The summed E-state index contributed by atoms with van der Waals surface area (Å²) in [6.45, 7) is 12.1. The van der Waals surface area contributed by atoms with Gasteiger partial charge in [0.25, 0.3) is 0 Å². The fourth-order valence-electron chi connectivity index (χ4n) is 0. The Morgan fingerprint density at radius 1 is 0.583 bits per heavy atom. The quantitative estimate of drug-likeness (QED) is 0.565. The highest BCUT2D eigenvalue weighted by Crippen LogP contribution is 2.02. The Balaban J connectivity index is 0. The van der Waals surface area contributed by atoms with Crippen molar-refractivity contribution in [3.63, 3.8) is 0 Å². The summed E-state index contributed by atoms with van der Waals surface area (Å²) in [5.41, 5.74) is 0.0833. The molecule has 0 heterocycles. The zero-order chi connectivity index (χ0) is 10.4. The van der Waals surface area contributed by atoms with Crippen LogP contribution in [0.4, 0.5) is 0 Å². The van der Waals surface area contributed by atoms with Gasteiger partial charge in [0.15, 0.2) is 0 Å². The van der Waals surface area contributed by atoms with Gasteiger partial charge in [-0.1, -0.05) is 0 Å². The van der Waals surface area contributed by atoms with Gasteiger partial charge in [-0.15, -0.1) is 0 Å². The number of hydrogen-bond acceptors (Lipinski definition) is 2. The standard InChI is InChI=1S/2C5H12O/c2*1-5(2,3)6-4/h2*1-4H3. The lowest BCUT2D eigenvalue weighted by Gasteiger charge is -2.14. The molecule has 0 aliphatic heterocycles. The molecule has 12 heavy (non-hydrogen) atoms. The van der Waals surface area contributed by atoms with Gasteiger partial charge in [-0.05, 0) is 41.5 Å². The highest BCUT2D eigenvalue weighted by molar-refractivity contribution is 4.55. The molecule has 0 rings (SSSR count). The van der Waals surface area contributed by atoms with E-state index >= 15 is 0 Å². The largest absolute Gasteiger partial charge is 0.379 e. The van der Waals surface area contributed by atoms with Crippen LogP contribution >= 0.6 is 0 Å². The van der Waals surface area contributed by atoms with Crippen molar-refractivity contribution in [1.82, 2.24) is 0 Å². The molecule has 0 fully saturated rings. The number of methoxy groups -OCH3 is 2. The zero-order valence-corrected chi connectivity index (χ0v) is 9.82. The minimum absolute atomic E-state index is 0.0417. The summed E-state index contributed by atoms with van der Waals surface area (Å²) in [5, 5.41) is 0. The molecular weight excluding hydrogens is 152 g/mol. The Hall–Kier alpha value is -0.0800. The van der Waals surface area contributed by atoms with Crippen molar-refractivity contribution < 1.29 is 9.47 Å². The maximum Gasteiger partial charge on any atom is 0.0594 e. The van der Waals surface area contributed by atoms with Crippen LogP contribution in [0, 0.1) is 0 Å². The fourth-order valence-corrected chi connectivity index (χ4v) is 0. The topological polar surface area (TPSA) is 18.5 Å². The first kappa shape index (κ1) is 14.4. The highest BCUT2D eigenvalue weighted by Gasteiger charge is 2.04. The molecule has 0 radical (unpaired) electrons. The Kier molecular flexibility index (Phi) is 6.68. The second kappa shape index (κ2) is 5.55. The van der Waals surface area contributed by atoms with Crippen molar-refractivity contribution in [3.05, 3.63) is 0 Å². The Morgan fingerprint density at radius 2 is 0.667 bits per heavy atom. The first-order valence-electron chi connectivity index (χ1n) is 4.22. The number of rotatable bonds is 0. The molecule has 0 aromatic carbocycles. The average molecular weight is 176 g/mol. The molecule has 0 saturated carbocycles. The average Bonchev–Trinajstić information content (AvgIpc) is 1.86. The summed E-state index contributed by atoms with van der Waals surface area (Å²) in [5.74, 6) is 0. The third-order valence-corrected chi connectivity index (χ3v) is 1.22. The molecule has 76 valence electrons. The molecule has 0 aromatic rings. The molecule has 0 aliphatic rings. The van der Waals surface area contributed by atoms with Gasteiger partial charge in [0.05, 0.1) is 11.2 Å². The molecule has 0 aromatic heterocycles. The highest BCUT2D eigenvalue weighted by atomic mass is 16.5. The predicted octanol–water partition coefficient (Wildman–Crippen LogP) is 2.86. The van der Waals surface area contributed by atoms with Crippen LogP contribution in [0.2, 0.25) is 0 Å². The first-order valence-corrected chi connectivity index (χ1v) is 4.22. The second-order valence-electron chi connectivity index (χ2n) is 4.63. The van der Waals surface area contributed by atoms with Gasteiger partial charge in [-0.3, -0.25) is 0 Å². The zero-order valence-electron chi connectivity index (χ0n) is 9.82. The summed E-state index contributed by atoms with van der Waals surface area (Å²) in [4.78, 5) is 0. The lowest BCUT2D eigenvalue weighted by molar-refractivity contribution is 0.0394. The minimum atomic E-state index is 0.0417. The van der Waals surface area contributed by atoms with E-state index in [1.54, 1.807) is 14.2 Å². The van der Waals surface area contributed by atoms with E-state index in [9.17, 15) is 0 Å². The predicted molar refractivity (Wildman–Crippen MR) is 53.5 cm³/mol. The molecule has 0 amide bonds. The monoisotopic (exact) mass is 176 g/mol. The van der Waals surface area contributed by atoms with Crippen LogP contribution in [0.1, 0.15) is 41.5 Å². The van der Waals surface area contributed by atoms with Crippen LogP contribution in [0.5, 0.6) is 0 Å². The lowest BCUT2D eigenvalue weighted by Crippen LogP contribution is -2.15. The summed E-state index contributed by atoms with van der Waals surface area (Å²) in [6, 6.07) is 0. The Bertz CT molecular complexity index is 81.4. The van der Waals surface area contributed by atoms with Crippen LogP contribution in [-0.2, 0) is 9.47 Å². The van der Waals surface area contributed by atoms with Crippen LogP contribution in [0.15, 0.2) is 0 Å². The smallest absolute Gasteiger partial charge is 0.0594 e. The molecule has 0 atom stereocenters. The molecule has 0 aliphatic carbocycles. The summed E-state index contributed by atoms with van der Waals surface area (Å²) >= 11 is 0. The fraction of sp³-hybridized carbons (Fsp3) is 1.00. The molecule has 0 spiro atoms. The van der Waals surface area contributed by atoms with E-state index < -0.39 is 0 Å². The first-order chi connectivity index (χ1) is 5.12. The van der Waals surface area contributed by atoms with Crippen molar-refractivity contribution in [1.29, 1.82) is 0 Å². The molecule has 2 heteroatoms. The van der Waals surface area contributed by atoms with Gasteiger partial charge < -0.3 is 9.47 Å². The van der Waals surface area contributed by atoms with E-state index in [1.165, 1.54) is 0 Å². The Labute approximate surface area is 77.3 Å². The SMILES string of the molecule is COC(C)(C)C.COC(C)(C)C. The van der Waals surface area contributed by atoms with Crippen molar-refractivity contribution >= 4 is 0 Å². The van der Waals surface area contributed by atoms with E-state index in [-0.39, 0.29) is 11.2 Å². The number of ether oxygens (including phenoxy) is 2. The van der Waals surface area contributed by atoms with Gasteiger partial charge >= 0.3 is 0 Å². The van der Waals surface area contributed by atoms with E-state index in [2.05, 4.69) is 0 Å². The maximum absolute atomic E-state index is 4.94. The van der Waals surface area contributed by atoms with E-state index in [0.717, 1.165) is 0 Å². The van der Waals surface area contributed by atoms with Gasteiger partial charge in [0.1, 0.15) is 0 Å². The van der Waals surface area contributed by atoms with E-state index in [4.69, 9.17) is 9.47 Å². The van der Waals surface area contributed by atoms with Crippen molar-refractivity contribution in [3.8, 4) is 0 Å². The van der Waals surface area contributed by atoms with Gasteiger partial charge in [-0.2, -0.15) is 0 Å². The van der Waals surface area contributed by atoms with Crippen LogP contribution < -0.4 is 0 Å². The summed E-state index contributed by atoms with van der Waals surface area (Å²) < 4.78 is 9.88. The van der Waals surface area contributed by atoms with Crippen LogP contribution in [-0.4, -0.2) is 25.4 Å². The van der Waals surface area contributed by atoms with E-state index in [0.29, 0.717) is 0 Å². The molecule has 0 N–H and O–H groups in total. The van der Waals surface area contributed by atoms with Crippen molar-refractivity contribution in [2.24, 2.45) is 0 Å². The van der Waals surface area contributed by atoms with Gasteiger partial charge in [0, 0.05) is 14.2 Å². The lowest BCUT2D eigenvalue weighted by atomic mass is 10.2. The molecule has 0 saturated heterocycles. The second-order valence-corrected chi connectivity index (χ2v) is 4.63. The van der Waals surface area contributed by atoms with Gasteiger partial charge in [-0.25, -0.2) is 0 Å². The minimum Gasteiger partial charge on any atom is -0.379 e. The van der Waals surface area contributed by atoms with Gasteiger partial charge in [0.2, 0.25) is 0 Å². The number of hydrogen-bond donors (Lipinski definition) is 0. The normalized spacial score (nSPS) is 12.0. The van der Waals surface area contributed by atoms with Crippen molar-refractivity contribution in [2.75, 3.05) is 14.2 Å². The molecule has 0 unspecified atom stereocenters. The Morgan fingerprint density at radius 3 is 0.667 bits per heavy atom. The maximum atomic E-state index is 4.94. The molecule has 0 bridgehead atoms. The van der Waals surface area contributed by atoms with Crippen molar-refractivity contribution in [2.45, 2.75) is 52.7 Å². The summed E-state index contributed by atoms with van der Waals surface area (Å²) in [6.07, 6.45) is 0. The third kappa shape index (κ3) is 22.5. The van der Waals surface area contributed by atoms with Crippen LogP contribution in [0.3, 0.4) is 0 Å². The van der Waals surface area contributed by atoms with Crippen LogP contribution in [0.25, 0.3) is 0 Å². The molecular formula is C10H24O2. The summed E-state index contributed by atoms with van der Waals surface area (Å²) in [7, 11) is 3.42.